The molecule has 90 valence electrons. The minimum Gasteiger partial charge on any atom is -0.494 e. The van der Waals surface area contributed by atoms with Gasteiger partial charge in [0.15, 0.2) is 10.6 Å². The number of hydrogen-bond acceptors (Lipinski definition) is 4. The molecule has 1 aromatic carbocycles. The van der Waals surface area contributed by atoms with Crippen LogP contribution < -0.4 is 4.74 Å². The van der Waals surface area contributed by atoms with E-state index in [1.54, 1.807) is 4.57 Å². The Morgan fingerprint density at radius 3 is 3.06 bits per heavy atom. The molecule has 2 N–H and O–H groups in total. The maximum Gasteiger partial charge on any atom is 0.199 e. The fraction of sp³-hybridized carbons (Fsp3) is 0.273. The number of aromatic nitrogens is 3. The molecule has 0 spiro atoms. The average Bonchev–Trinajstić information content (AvgIpc) is 2.71. The van der Waals surface area contributed by atoms with Crippen molar-refractivity contribution in [1.82, 2.24) is 14.8 Å². The first-order valence-electron chi connectivity index (χ1n) is 5.26. The van der Waals surface area contributed by atoms with Crippen molar-refractivity contribution >= 4 is 12.2 Å². The molecule has 0 aliphatic rings. The number of H-pyrrole nitrogens is 1. The lowest BCUT2D eigenvalue weighted by atomic mass is 10.3. The highest BCUT2D eigenvalue weighted by Crippen LogP contribution is 2.18. The van der Waals surface area contributed by atoms with Gasteiger partial charge in [-0.3, -0.25) is 9.67 Å². The number of benzene rings is 1. The van der Waals surface area contributed by atoms with Gasteiger partial charge in [-0.25, -0.2) is 0 Å². The summed E-state index contributed by atoms with van der Waals surface area (Å²) >= 11 is 5.12. The van der Waals surface area contributed by atoms with E-state index < -0.39 is 0 Å². The van der Waals surface area contributed by atoms with Gasteiger partial charge in [-0.2, -0.15) is 5.10 Å². The molecule has 0 fully saturated rings. The third-order valence-electron chi connectivity index (χ3n) is 2.27. The van der Waals surface area contributed by atoms with E-state index in [4.69, 9.17) is 17.0 Å². The van der Waals surface area contributed by atoms with Gasteiger partial charge in [0.05, 0.1) is 12.3 Å². The second-order valence-electron chi connectivity index (χ2n) is 3.37. The van der Waals surface area contributed by atoms with Crippen LogP contribution in [-0.4, -0.2) is 26.5 Å². The van der Waals surface area contributed by atoms with Gasteiger partial charge in [0.25, 0.3) is 0 Å². The number of aromatic amines is 1. The van der Waals surface area contributed by atoms with E-state index in [0.717, 1.165) is 11.4 Å². The van der Waals surface area contributed by atoms with E-state index in [-0.39, 0.29) is 6.61 Å². The minimum absolute atomic E-state index is 0.175. The molecular formula is C11H13N3O2S. The molecule has 0 atom stereocenters. The molecule has 1 heterocycles. The molecule has 5 nitrogen and oxygen atoms in total. The Hall–Kier alpha value is -1.66. The normalized spacial score (nSPS) is 10.5. The fourth-order valence-electron chi connectivity index (χ4n) is 1.58. The van der Waals surface area contributed by atoms with Crippen LogP contribution in [-0.2, 0) is 6.61 Å². The van der Waals surface area contributed by atoms with Gasteiger partial charge in [-0.05, 0) is 31.3 Å². The zero-order chi connectivity index (χ0) is 12.3. The molecule has 0 aliphatic carbocycles. The summed E-state index contributed by atoms with van der Waals surface area (Å²) in [4.78, 5) is 0. The summed E-state index contributed by atoms with van der Waals surface area (Å²) in [5.41, 5.74) is 0.818. The first-order valence-corrected chi connectivity index (χ1v) is 5.67. The van der Waals surface area contributed by atoms with Crippen molar-refractivity contribution in [3.05, 3.63) is 34.9 Å². The molecule has 0 amide bonds. The Labute approximate surface area is 104 Å². The molecule has 0 radical (unpaired) electrons. The maximum atomic E-state index is 9.18. The molecule has 0 bridgehead atoms. The van der Waals surface area contributed by atoms with Crippen molar-refractivity contribution in [1.29, 1.82) is 0 Å². The second kappa shape index (κ2) is 5.11. The third-order valence-corrected chi connectivity index (χ3v) is 2.54. The van der Waals surface area contributed by atoms with Crippen molar-refractivity contribution in [2.45, 2.75) is 13.5 Å². The molecule has 6 heteroatoms. The van der Waals surface area contributed by atoms with Crippen molar-refractivity contribution in [2.75, 3.05) is 6.61 Å². The molecule has 0 saturated heterocycles. The highest BCUT2D eigenvalue weighted by molar-refractivity contribution is 7.71. The van der Waals surface area contributed by atoms with Gasteiger partial charge in [0, 0.05) is 6.07 Å². The Morgan fingerprint density at radius 1 is 1.53 bits per heavy atom. The smallest absolute Gasteiger partial charge is 0.199 e. The van der Waals surface area contributed by atoms with E-state index >= 15 is 0 Å². The maximum absolute atomic E-state index is 9.18. The molecule has 2 aromatic rings. The second-order valence-corrected chi connectivity index (χ2v) is 3.76. The SMILES string of the molecule is CCOc1cccc(-n2c(CO)n[nH]c2=S)c1. The van der Waals surface area contributed by atoms with E-state index in [1.165, 1.54) is 0 Å². The summed E-state index contributed by atoms with van der Waals surface area (Å²) in [5, 5.41) is 15.8. The highest BCUT2D eigenvalue weighted by Gasteiger charge is 2.07. The Bertz CT molecular complexity index is 562. The van der Waals surface area contributed by atoms with E-state index in [9.17, 15) is 5.11 Å². The fourth-order valence-corrected chi connectivity index (χ4v) is 1.84. The van der Waals surface area contributed by atoms with Crippen molar-refractivity contribution in [3.63, 3.8) is 0 Å². The molecule has 17 heavy (non-hydrogen) atoms. The molecular weight excluding hydrogens is 238 g/mol. The summed E-state index contributed by atoms with van der Waals surface area (Å²) in [6.07, 6.45) is 0. The van der Waals surface area contributed by atoms with Crippen molar-refractivity contribution < 1.29 is 9.84 Å². The summed E-state index contributed by atoms with van der Waals surface area (Å²) in [6.45, 7) is 2.36. The van der Waals surface area contributed by atoms with Crippen LogP contribution in [0.4, 0.5) is 0 Å². The van der Waals surface area contributed by atoms with E-state index in [2.05, 4.69) is 10.2 Å². The number of nitrogens with one attached hydrogen (secondary N) is 1. The molecule has 0 saturated carbocycles. The van der Waals surface area contributed by atoms with Crippen LogP contribution in [0.3, 0.4) is 0 Å². The molecule has 0 aliphatic heterocycles. The van der Waals surface area contributed by atoms with Crippen molar-refractivity contribution in [2.24, 2.45) is 0 Å². The van der Waals surface area contributed by atoms with Gasteiger partial charge in [-0.15, -0.1) is 0 Å². The zero-order valence-electron chi connectivity index (χ0n) is 9.38. The number of ether oxygens (including phenoxy) is 1. The van der Waals surface area contributed by atoms with Gasteiger partial charge in [-0.1, -0.05) is 6.07 Å². The number of aliphatic hydroxyl groups is 1. The Kier molecular flexibility index (Phi) is 3.55. The lowest BCUT2D eigenvalue weighted by Gasteiger charge is -2.08. The summed E-state index contributed by atoms with van der Waals surface area (Å²) in [7, 11) is 0. The minimum atomic E-state index is -0.175. The quantitative estimate of drug-likeness (QED) is 0.814. The number of aliphatic hydroxyl groups excluding tert-OH is 1. The Morgan fingerprint density at radius 2 is 2.35 bits per heavy atom. The summed E-state index contributed by atoms with van der Waals surface area (Å²) < 4.78 is 7.54. The van der Waals surface area contributed by atoms with Crippen LogP contribution in [0.15, 0.2) is 24.3 Å². The number of rotatable bonds is 4. The third kappa shape index (κ3) is 2.37. The van der Waals surface area contributed by atoms with Crippen LogP contribution in [0, 0.1) is 4.77 Å². The predicted molar refractivity (Wildman–Crippen MR) is 65.8 cm³/mol. The van der Waals surface area contributed by atoms with Gasteiger partial charge in [0.2, 0.25) is 0 Å². The van der Waals surface area contributed by atoms with Gasteiger partial charge in [0.1, 0.15) is 12.4 Å². The molecule has 0 unspecified atom stereocenters. The molecule has 2 rings (SSSR count). The lowest BCUT2D eigenvalue weighted by molar-refractivity contribution is 0.268. The largest absolute Gasteiger partial charge is 0.494 e. The lowest BCUT2D eigenvalue weighted by Crippen LogP contribution is -2.02. The monoisotopic (exact) mass is 251 g/mol. The van der Waals surface area contributed by atoms with Crippen LogP contribution in [0.2, 0.25) is 0 Å². The average molecular weight is 251 g/mol. The van der Waals surface area contributed by atoms with Crippen LogP contribution in [0.5, 0.6) is 5.75 Å². The molecule has 1 aromatic heterocycles. The van der Waals surface area contributed by atoms with Crippen LogP contribution in [0.1, 0.15) is 12.7 Å². The van der Waals surface area contributed by atoms with E-state index in [0.29, 0.717) is 17.2 Å². The topological polar surface area (TPSA) is 63.1 Å². The van der Waals surface area contributed by atoms with Crippen molar-refractivity contribution in [3.8, 4) is 11.4 Å². The first kappa shape index (κ1) is 11.8. The van der Waals surface area contributed by atoms with Crippen LogP contribution >= 0.6 is 12.2 Å². The highest BCUT2D eigenvalue weighted by atomic mass is 32.1. The Balaban J connectivity index is 2.48. The standard InChI is InChI=1S/C11H13N3O2S/c1-2-16-9-5-3-4-8(6-9)14-10(7-15)12-13-11(14)17/h3-6,15H,2,7H2,1H3,(H,13,17). The van der Waals surface area contributed by atoms with Gasteiger partial charge >= 0.3 is 0 Å². The first-order chi connectivity index (χ1) is 8.26. The van der Waals surface area contributed by atoms with E-state index in [1.807, 2.05) is 31.2 Å². The number of nitrogens with zero attached hydrogens (tertiary/aromatic N) is 2. The predicted octanol–water partition coefficient (Wildman–Crippen LogP) is 1.82. The van der Waals surface area contributed by atoms with Gasteiger partial charge < -0.3 is 9.84 Å². The number of hydrogen-bond donors (Lipinski definition) is 2. The summed E-state index contributed by atoms with van der Waals surface area (Å²) in [6, 6.07) is 7.48. The summed E-state index contributed by atoms with van der Waals surface area (Å²) in [5.74, 6) is 1.24. The van der Waals surface area contributed by atoms with Crippen LogP contribution in [0.25, 0.3) is 5.69 Å². The zero-order valence-corrected chi connectivity index (χ0v) is 10.2.